The number of nitrogen functional groups attached to an aromatic ring is 1. The molecule has 194 valence electrons. The molecule has 1 saturated heterocycles. The Morgan fingerprint density at radius 3 is 2.95 bits per heavy atom. The Bertz CT molecular complexity index is 1570. The van der Waals surface area contributed by atoms with Crippen LogP contribution >= 0.6 is 23.1 Å². The van der Waals surface area contributed by atoms with Crippen LogP contribution in [0.4, 0.5) is 5.13 Å². The van der Waals surface area contributed by atoms with Crippen molar-refractivity contribution in [3.05, 3.63) is 58.6 Å². The summed E-state index contributed by atoms with van der Waals surface area (Å²) >= 11 is 2.47. The SMILES string of the molecule is CCO/N=C(\C(=O)N[C@@H]1C(=O)N2C(C(=O)O)=C(C[n+]3cc(C#N)n4ccccc43)CS[C@H]12)c1csc(N)n1. The van der Waals surface area contributed by atoms with E-state index in [0.29, 0.717) is 22.7 Å². The van der Waals surface area contributed by atoms with Crippen molar-refractivity contribution < 1.29 is 28.9 Å². The van der Waals surface area contributed by atoms with Gasteiger partial charge < -0.3 is 21.0 Å². The summed E-state index contributed by atoms with van der Waals surface area (Å²) < 4.78 is 3.48. The van der Waals surface area contributed by atoms with Crippen molar-refractivity contribution in [1.29, 1.82) is 5.26 Å². The second kappa shape index (κ2) is 10.1. The van der Waals surface area contributed by atoms with Crippen molar-refractivity contribution in [1.82, 2.24) is 19.6 Å². The Labute approximate surface area is 223 Å². The van der Waals surface area contributed by atoms with E-state index in [1.807, 2.05) is 12.1 Å². The molecule has 5 rings (SSSR count). The Balaban J connectivity index is 1.39. The highest BCUT2D eigenvalue weighted by atomic mass is 32.2. The number of fused-ring (bicyclic) bond motifs is 2. The van der Waals surface area contributed by atoms with Crippen LogP contribution in [-0.4, -0.2) is 66.7 Å². The van der Waals surface area contributed by atoms with Gasteiger partial charge in [-0.25, -0.2) is 14.3 Å². The summed E-state index contributed by atoms with van der Waals surface area (Å²) in [7, 11) is 0. The molecule has 0 saturated carbocycles. The lowest BCUT2D eigenvalue weighted by atomic mass is 10.0. The predicted octanol–water partition coefficient (Wildman–Crippen LogP) is 0.317. The summed E-state index contributed by atoms with van der Waals surface area (Å²) in [5, 5.41) is 27.2. The van der Waals surface area contributed by atoms with E-state index < -0.39 is 29.2 Å². The Morgan fingerprint density at radius 2 is 2.26 bits per heavy atom. The summed E-state index contributed by atoms with van der Waals surface area (Å²) in [6.07, 6.45) is 3.39. The number of carboxylic acid groups (broad SMARTS) is 1. The fourth-order valence-corrected chi connectivity index (χ4v) is 6.19. The quantitative estimate of drug-likeness (QED) is 0.153. The van der Waals surface area contributed by atoms with Crippen LogP contribution in [0.5, 0.6) is 0 Å². The minimum absolute atomic E-state index is 0.124. The van der Waals surface area contributed by atoms with Gasteiger partial charge in [0, 0.05) is 22.8 Å². The van der Waals surface area contributed by atoms with E-state index in [2.05, 4.69) is 21.5 Å². The van der Waals surface area contributed by atoms with Crippen molar-refractivity contribution in [2.75, 3.05) is 18.1 Å². The second-order valence-electron chi connectivity index (χ2n) is 8.23. The number of aromatic nitrogens is 3. The van der Waals surface area contributed by atoms with E-state index in [1.54, 1.807) is 39.7 Å². The van der Waals surface area contributed by atoms with Gasteiger partial charge in [-0.3, -0.25) is 14.5 Å². The number of nitriles is 1. The van der Waals surface area contributed by atoms with Crippen LogP contribution in [0.3, 0.4) is 0 Å². The summed E-state index contributed by atoms with van der Waals surface area (Å²) in [5.74, 6) is -2.17. The van der Waals surface area contributed by atoms with Gasteiger partial charge >= 0.3 is 5.97 Å². The number of thioether (sulfide) groups is 1. The molecule has 4 N–H and O–H groups in total. The zero-order valence-electron chi connectivity index (χ0n) is 19.9. The molecule has 0 unspecified atom stereocenters. The molecule has 2 aliphatic heterocycles. The number of aliphatic carboxylic acids is 1. The number of rotatable bonds is 8. The number of carbonyl (C=O) groups is 3. The monoisotopic (exact) mass is 553 g/mol. The number of hydrogen-bond donors (Lipinski definition) is 3. The Kier molecular flexibility index (Phi) is 6.74. The molecule has 13 nitrogen and oxygen atoms in total. The van der Waals surface area contributed by atoms with E-state index in [1.165, 1.54) is 16.7 Å². The number of anilines is 1. The standard InChI is InChI=1S/C23H20N8O5S2/c1-2-36-28-16(14-11-38-23(25)26-14)19(32)27-17-20(33)31-18(22(34)35)12(10-37-21(17)31)8-29-9-13(7-24)30-6-4-3-5-15(29)30/h3-6,9,11,17,21H,2,8,10H2,1H3,(H3-,25,26,27,32,34,35)/p+1/b28-16-/t17-,21-/m1/s1. The van der Waals surface area contributed by atoms with Crippen LogP contribution in [0, 0.1) is 11.3 Å². The molecule has 15 heteroatoms. The summed E-state index contributed by atoms with van der Waals surface area (Å²) in [6, 6.07) is 6.60. The van der Waals surface area contributed by atoms with E-state index in [-0.39, 0.29) is 35.4 Å². The normalized spacial score (nSPS) is 19.1. The van der Waals surface area contributed by atoms with E-state index in [9.17, 15) is 24.8 Å². The number of nitrogens with one attached hydrogen (secondary N) is 1. The first kappa shape index (κ1) is 25.2. The molecule has 3 aromatic rings. The van der Waals surface area contributed by atoms with Crippen LogP contribution in [0.1, 0.15) is 18.3 Å². The zero-order valence-corrected chi connectivity index (χ0v) is 21.5. The molecule has 1 fully saturated rings. The molecule has 38 heavy (non-hydrogen) atoms. The van der Waals surface area contributed by atoms with Crippen LogP contribution in [0.2, 0.25) is 0 Å². The summed E-state index contributed by atoms with van der Waals surface area (Å²) in [6.45, 7) is 2.09. The first-order valence-corrected chi connectivity index (χ1v) is 13.3. The highest BCUT2D eigenvalue weighted by Gasteiger charge is 2.54. The van der Waals surface area contributed by atoms with Crippen molar-refractivity contribution >= 4 is 57.4 Å². The summed E-state index contributed by atoms with van der Waals surface area (Å²) in [5.41, 5.74) is 7.25. The van der Waals surface area contributed by atoms with Gasteiger partial charge in [-0.05, 0) is 13.0 Å². The van der Waals surface area contributed by atoms with Crippen molar-refractivity contribution in [3.8, 4) is 6.07 Å². The molecule has 2 aliphatic rings. The second-order valence-corrected chi connectivity index (χ2v) is 10.2. The van der Waals surface area contributed by atoms with Crippen molar-refractivity contribution in [2.45, 2.75) is 24.9 Å². The van der Waals surface area contributed by atoms with E-state index >= 15 is 0 Å². The number of oxime groups is 1. The molecule has 3 aromatic heterocycles. The van der Waals surface area contributed by atoms with Crippen molar-refractivity contribution in [2.24, 2.45) is 5.16 Å². The van der Waals surface area contributed by atoms with Gasteiger partial charge in [0.1, 0.15) is 48.2 Å². The highest BCUT2D eigenvalue weighted by Crippen LogP contribution is 2.40. The topological polar surface area (TPSA) is 179 Å². The number of imidazole rings is 1. The van der Waals surface area contributed by atoms with E-state index in [0.717, 1.165) is 11.3 Å². The van der Waals surface area contributed by atoms with Gasteiger partial charge in [-0.2, -0.15) is 9.66 Å². The fraction of sp³-hybridized carbons (Fsp3) is 0.261. The number of carbonyl (C=O) groups excluding carboxylic acids is 2. The minimum Gasteiger partial charge on any atom is -0.477 e. The zero-order chi connectivity index (χ0) is 27.0. The molecule has 2 atom stereocenters. The van der Waals surface area contributed by atoms with Gasteiger partial charge in [-0.1, -0.05) is 11.2 Å². The molecule has 2 amide bonds. The maximum Gasteiger partial charge on any atom is 0.352 e. The van der Waals surface area contributed by atoms with Crippen LogP contribution in [-0.2, 0) is 25.8 Å². The molecule has 5 heterocycles. The number of pyridine rings is 1. The van der Waals surface area contributed by atoms with Crippen molar-refractivity contribution in [3.63, 3.8) is 0 Å². The lowest BCUT2D eigenvalue weighted by molar-refractivity contribution is -0.662. The molecule has 0 spiro atoms. The Morgan fingerprint density at radius 1 is 1.45 bits per heavy atom. The van der Waals surface area contributed by atoms with Crippen LogP contribution in [0.15, 0.2) is 52.4 Å². The first-order chi connectivity index (χ1) is 18.3. The average molecular weight is 554 g/mol. The lowest BCUT2D eigenvalue weighted by Crippen LogP contribution is -2.71. The third-order valence-electron chi connectivity index (χ3n) is 5.95. The number of nitrogens with zero attached hydrogens (tertiary/aromatic N) is 6. The van der Waals surface area contributed by atoms with Crippen LogP contribution in [0.25, 0.3) is 5.65 Å². The fourth-order valence-electron chi connectivity index (χ4n) is 4.31. The summed E-state index contributed by atoms with van der Waals surface area (Å²) in [4.78, 5) is 48.7. The maximum atomic E-state index is 13.1. The molecule has 0 bridgehead atoms. The molecule has 0 aromatic carbocycles. The third kappa shape index (κ3) is 4.33. The van der Waals surface area contributed by atoms with Gasteiger partial charge in [0.15, 0.2) is 10.8 Å². The number of β-lactam (4-membered cyclic amide) rings is 1. The first-order valence-electron chi connectivity index (χ1n) is 11.4. The third-order valence-corrected chi connectivity index (χ3v) is 7.96. The predicted molar refractivity (Wildman–Crippen MR) is 137 cm³/mol. The van der Waals surface area contributed by atoms with Gasteiger partial charge in [0.25, 0.3) is 17.5 Å². The number of amides is 2. The number of thiazole rings is 1. The number of hydrogen-bond acceptors (Lipinski definition) is 10. The average Bonchev–Trinajstić information content (AvgIpc) is 3.50. The molecule has 0 aliphatic carbocycles. The van der Waals surface area contributed by atoms with E-state index in [4.69, 9.17) is 10.6 Å². The highest BCUT2D eigenvalue weighted by molar-refractivity contribution is 8.00. The lowest BCUT2D eigenvalue weighted by Gasteiger charge is -2.49. The number of nitrogens with two attached hydrogens (primary N) is 1. The van der Waals surface area contributed by atoms with Gasteiger partial charge in [0.05, 0.1) is 6.20 Å². The van der Waals surface area contributed by atoms with Gasteiger partial charge in [-0.15, -0.1) is 23.1 Å². The van der Waals surface area contributed by atoms with Crippen LogP contribution < -0.4 is 15.6 Å². The van der Waals surface area contributed by atoms with Gasteiger partial charge in [0.2, 0.25) is 5.69 Å². The molecule has 0 radical (unpaired) electrons. The minimum atomic E-state index is -1.25. The molecular formula is C23H21N8O5S2+. The Hall–Kier alpha value is -4.42. The number of carboxylic acids is 1. The maximum absolute atomic E-state index is 13.1. The molecular weight excluding hydrogens is 532 g/mol. The smallest absolute Gasteiger partial charge is 0.352 e. The largest absolute Gasteiger partial charge is 0.477 e.